The second kappa shape index (κ2) is 4.96. The van der Waals surface area contributed by atoms with Gasteiger partial charge in [0.05, 0.1) is 6.54 Å². The second-order valence-electron chi connectivity index (χ2n) is 2.83. The Morgan fingerprint density at radius 1 is 1.69 bits per heavy atom. The summed E-state index contributed by atoms with van der Waals surface area (Å²) >= 11 is 0. The predicted octanol–water partition coefficient (Wildman–Crippen LogP) is -0.315. The fourth-order valence-corrected chi connectivity index (χ4v) is 0.818. The van der Waals surface area contributed by atoms with Gasteiger partial charge < -0.3 is 10.2 Å². The molecule has 0 saturated carbocycles. The summed E-state index contributed by atoms with van der Waals surface area (Å²) in [7, 11) is 1.65. The average molecular weight is 187 g/mol. The van der Waals surface area contributed by atoms with Crippen LogP contribution in [-0.2, 0) is 0 Å². The maximum atomic E-state index is 9.12. The number of aliphatic imine (C=N–C) groups is 1. The van der Waals surface area contributed by atoms with Crippen molar-refractivity contribution < 1.29 is 10.2 Å². The number of rotatable bonds is 5. The zero-order valence-electron chi connectivity index (χ0n) is 8.28. The summed E-state index contributed by atoms with van der Waals surface area (Å²) in [5.74, 6) is -1.34. The Balaban J connectivity index is 4.27. The van der Waals surface area contributed by atoms with Gasteiger partial charge in [-0.1, -0.05) is 6.58 Å². The average Bonchev–Trinajstić information content (AvgIpc) is 1.99. The Hall–Kier alpha value is -0.910. The zero-order valence-corrected chi connectivity index (χ0v) is 8.28. The van der Waals surface area contributed by atoms with E-state index >= 15 is 0 Å². The Morgan fingerprint density at radius 2 is 2.23 bits per heavy atom. The van der Waals surface area contributed by atoms with Crippen LogP contribution in [0.1, 0.15) is 13.8 Å². The molecule has 0 atom stereocenters. The van der Waals surface area contributed by atoms with Crippen molar-refractivity contribution in [3.63, 3.8) is 0 Å². The van der Waals surface area contributed by atoms with Crippen LogP contribution in [0.4, 0.5) is 0 Å². The van der Waals surface area contributed by atoms with Crippen molar-refractivity contribution in [3.05, 3.63) is 12.4 Å². The highest BCUT2D eigenvalue weighted by Crippen LogP contribution is 2.05. The molecule has 76 valence electrons. The minimum atomic E-state index is -1.77. The minimum Gasteiger partial charge on any atom is -0.364 e. The maximum Gasteiger partial charge on any atom is 0.179 e. The molecule has 0 aliphatic rings. The molecule has 0 heterocycles. The van der Waals surface area contributed by atoms with Crippen LogP contribution in [0.15, 0.2) is 17.4 Å². The first kappa shape index (κ1) is 12.1. The van der Waals surface area contributed by atoms with Crippen LogP contribution in [0.5, 0.6) is 0 Å². The van der Waals surface area contributed by atoms with Gasteiger partial charge in [-0.15, -0.1) is 0 Å². The molecule has 0 rings (SSSR count). The first-order chi connectivity index (χ1) is 5.90. The van der Waals surface area contributed by atoms with E-state index in [-0.39, 0.29) is 6.54 Å². The molecule has 0 unspecified atom stereocenters. The SMILES string of the molecule is C=C(N=CC)N(CC(C)(O)O)NC. The van der Waals surface area contributed by atoms with Gasteiger partial charge in [0.25, 0.3) is 0 Å². The number of nitrogens with one attached hydrogen (secondary N) is 1. The van der Waals surface area contributed by atoms with E-state index in [0.717, 1.165) is 0 Å². The Morgan fingerprint density at radius 3 is 2.54 bits per heavy atom. The minimum absolute atomic E-state index is 0.000324. The van der Waals surface area contributed by atoms with Crippen molar-refractivity contribution in [2.24, 2.45) is 4.99 Å². The summed E-state index contributed by atoms with van der Waals surface area (Å²) in [6.07, 6.45) is 1.58. The standard InChI is InChI=1S/C8H17N3O2/c1-5-10-7(2)11(9-4)6-8(3,12)13/h5,9,12-13H,2,6H2,1,3-4H3. The number of hydrazine groups is 1. The summed E-state index contributed by atoms with van der Waals surface area (Å²) < 4.78 is 0. The Labute approximate surface area is 78.4 Å². The molecule has 0 aliphatic heterocycles. The van der Waals surface area contributed by atoms with Gasteiger partial charge >= 0.3 is 0 Å². The number of aliphatic hydroxyl groups is 2. The van der Waals surface area contributed by atoms with Gasteiger partial charge in [0.2, 0.25) is 0 Å². The van der Waals surface area contributed by atoms with E-state index in [1.165, 1.54) is 11.9 Å². The number of nitrogens with zero attached hydrogens (tertiary/aromatic N) is 2. The predicted molar refractivity (Wildman–Crippen MR) is 51.9 cm³/mol. The lowest BCUT2D eigenvalue weighted by Crippen LogP contribution is -2.45. The molecule has 5 nitrogen and oxygen atoms in total. The lowest BCUT2D eigenvalue weighted by Gasteiger charge is -2.28. The molecular formula is C8H17N3O2. The monoisotopic (exact) mass is 187 g/mol. The van der Waals surface area contributed by atoms with Crippen LogP contribution in [0.2, 0.25) is 0 Å². The van der Waals surface area contributed by atoms with Gasteiger partial charge in [0, 0.05) is 13.3 Å². The first-order valence-electron chi connectivity index (χ1n) is 3.98. The van der Waals surface area contributed by atoms with Gasteiger partial charge in [-0.25, -0.2) is 10.4 Å². The van der Waals surface area contributed by atoms with Crippen LogP contribution in [0.25, 0.3) is 0 Å². The van der Waals surface area contributed by atoms with Gasteiger partial charge in [-0.05, 0) is 13.8 Å². The summed E-state index contributed by atoms with van der Waals surface area (Å²) in [5.41, 5.74) is 2.74. The smallest absolute Gasteiger partial charge is 0.179 e. The molecular weight excluding hydrogens is 170 g/mol. The molecule has 0 aliphatic carbocycles. The molecule has 0 saturated heterocycles. The van der Waals surface area contributed by atoms with Gasteiger partial charge in [-0.3, -0.25) is 5.01 Å². The van der Waals surface area contributed by atoms with Crippen molar-refractivity contribution in [3.8, 4) is 0 Å². The van der Waals surface area contributed by atoms with E-state index in [9.17, 15) is 0 Å². The first-order valence-corrected chi connectivity index (χ1v) is 3.98. The third-order valence-electron chi connectivity index (χ3n) is 1.32. The molecule has 0 bridgehead atoms. The molecule has 0 aromatic carbocycles. The quantitative estimate of drug-likeness (QED) is 0.313. The van der Waals surface area contributed by atoms with Crippen molar-refractivity contribution in [1.29, 1.82) is 0 Å². The highest BCUT2D eigenvalue weighted by atomic mass is 16.5. The molecule has 0 amide bonds. The third kappa shape index (κ3) is 5.35. The van der Waals surface area contributed by atoms with E-state index in [0.29, 0.717) is 5.82 Å². The fourth-order valence-electron chi connectivity index (χ4n) is 0.818. The van der Waals surface area contributed by atoms with Crippen LogP contribution in [0, 0.1) is 0 Å². The number of hydrogen-bond acceptors (Lipinski definition) is 5. The summed E-state index contributed by atoms with van der Waals surface area (Å²) in [6.45, 7) is 6.69. The van der Waals surface area contributed by atoms with Crippen LogP contribution in [-0.4, -0.2) is 40.8 Å². The highest BCUT2D eigenvalue weighted by molar-refractivity contribution is 5.54. The van der Waals surface area contributed by atoms with Crippen molar-refractivity contribution in [2.75, 3.05) is 13.6 Å². The Kier molecular flexibility index (Phi) is 4.61. The Bertz CT molecular complexity index is 196. The lowest BCUT2D eigenvalue weighted by atomic mass is 10.3. The van der Waals surface area contributed by atoms with E-state index < -0.39 is 5.79 Å². The molecule has 13 heavy (non-hydrogen) atoms. The van der Waals surface area contributed by atoms with E-state index in [4.69, 9.17) is 10.2 Å². The normalized spacial score (nSPS) is 12.1. The van der Waals surface area contributed by atoms with Crippen molar-refractivity contribution >= 4 is 6.21 Å². The summed E-state index contributed by atoms with van der Waals surface area (Å²) in [6, 6.07) is 0. The second-order valence-corrected chi connectivity index (χ2v) is 2.83. The molecule has 0 aromatic heterocycles. The number of hydrogen-bond donors (Lipinski definition) is 3. The van der Waals surface area contributed by atoms with Crippen molar-refractivity contribution in [2.45, 2.75) is 19.6 Å². The van der Waals surface area contributed by atoms with Gasteiger partial charge in [-0.2, -0.15) is 0 Å². The molecule has 0 aromatic rings. The largest absolute Gasteiger partial charge is 0.364 e. The molecule has 3 N–H and O–H groups in total. The fraction of sp³-hybridized carbons (Fsp3) is 0.625. The molecule has 0 fully saturated rings. The van der Waals surface area contributed by atoms with E-state index in [1.807, 2.05) is 0 Å². The molecule has 0 radical (unpaired) electrons. The van der Waals surface area contributed by atoms with Gasteiger partial charge in [0.1, 0.15) is 5.82 Å². The topological polar surface area (TPSA) is 68.1 Å². The van der Waals surface area contributed by atoms with Crippen LogP contribution >= 0.6 is 0 Å². The summed E-state index contributed by atoms with van der Waals surface area (Å²) in [5, 5.41) is 19.7. The molecule has 5 heteroatoms. The van der Waals surface area contributed by atoms with Crippen LogP contribution in [0.3, 0.4) is 0 Å². The van der Waals surface area contributed by atoms with E-state index in [1.54, 1.807) is 20.2 Å². The van der Waals surface area contributed by atoms with E-state index in [2.05, 4.69) is 17.0 Å². The maximum absolute atomic E-state index is 9.12. The van der Waals surface area contributed by atoms with Crippen molar-refractivity contribution in [1.82, 2.24) is 10.4 Å². The molecule has 0 spiro atoms. The van der Waals surface area contributed by atoms with Gasteiger partial charge in [0.15, 0.2) is 5.79 Å². The highest BCUT2D eigenvalue weighted by Gasteiger charge is 2.20. The third-order valence-corrected chi connectivity index (χ3v) is 1.32. The zero-order chi connectivity index (χ0) is 10.5. The lowest BCUT2D eigenvalue weighted by molar-refractivity contribution is -0.159. The van der Waals surface area contributed by atoms with Crippen LogP contribution < -0.4 is 5.43 Å². The summed E-state index contributed by atoms with van der Waals surface area (Å²) in [4.78, 5) is 3.90.